The van der Waals surface area contributed by atoms with Crippen molar-refractivity contribution in [3.8, 4) is 11.5 Å². The Kier molecular flexibility index (Phi) is 5.77. The van der Waals surface area contributed by atoms with Crippen LogP contribution in [0.5, 0.6) is 11.5 Å². The quantitative estimate of drug-likeness (QED) is 0.674. The first-order valence-electron chi connectivity index (χ1n) is 6.74. The van der Waals surface area contributed by atoms with Crippen molar-refractivity contribution in [2.45, 2.75) is 18.2 Å². The Morgan fingerprint density at radius 2 is 1.57 bits per heavy atom. The largest absolute Gasteiger partial charge is 0.497 e. The second kappa shape index (κ2) is 7.58. The van der Waals surface area contributed by atoms with Crippen molar-refractivity contribution >= 4 is 23.2 Å². The first kappa shape index (κ1) is 16.0. The van der Waals surface area contributed by atoms with E-state index in [0.29, 0.717) is 5.02 Å². The van der Waals surface area contributed by atoms with Crippen molar-refractivity contribution in [3.63, 3.8) is 0 Å². The monoisotopic (exact) mass is 324 g/mol. The molecule has 0 spiro atoms. The molecule has 112 valence electrons. The van der Waals surface area contributed by atoms with Gasteiger partial charge in [0.1, 0.15) is 11.5 Å². The van der Waals surface area contributed by atoms with Gasteiger partial charge in [-0.3, -0.25) is 0 Å². The third-order valence-electron chi connectivity index (χ3n) is 3.39. The Morgan fingerprint density at radius 3 is 2.14 bits per heavy atom. The second-order valence-electron chi connectivity index (χ2n) is 4.74. The lowest BCUT2D eigenvalue weighted by Crippen LogP contribution is -1.96. The van der Waals surface area contributed by atoms with E-state index >= 15 is 0 Å². The lowest BCUT2D eigenvalue weighted by molar-refractivity contribution is 0.414. The lowest BCUT2D eigenvalue weighted by atomic mass is 10.0. The molecule has 0 aromatic heterocycles. The molecule has 0 N–H and O–H groups in total. The molecule has 2 nitrogen and oxygen atoms in total. The fraction of sp³-hybridized carbons (Fsp3) is 0.294. The van der Waals surface area contributed by atoms with Gasteiger partial charge in [-0.1, -0.05) is 29.8 Å². The van der Waals surface area contributed by atoms with Gasteiger partial charge in [0.2, 0.25) is 0 Å². The summed E-state index contributed by atoms with van der Waals surface area (Å²) in [4.78, 5) is 0. The van der Waals surface area contributed by atoms with Gasteiger partial charge in [-0.2, -0.15) is 0 Å². The van der Waals surface area contributed by atoms with Crippen molar-refractivity contribution in [1.29, 1.82) is 0 Å². The van der Waals surface area contributed by atoms with Crippen LogP contribution in [0.15, 0.2) is 42.5 Å². The van der Waals surface area contributed by atoms with Gasteiger partial charge in [-0.25, -0.2) is 0 Å². The van der Waals surface area contributed by atoms with Crippen LogP contribution in [-0.2, 0) is 6.42 Å². The molecule has 0 amide bonds. The van der Waals surface area contributed by atoms with Gasteiger partial charge in [0.15, 0.2) is 0 Å². The van der Waals surface area contributed by atoms with E-state index in [9.17, 15) is 0 Å². The number of methoxy groups -OCH3 is 2. The molecular formula is C17H18Cl2O2. The van der Waals surface area contributed by atoms with Gasteiger partial charge in [-0.15, -0.1) is 11.6 Å². The SMILES string of the molecule is COc1ccc(CCC(Cl)c2ccc(OC)cc2Cl)cc1. The molecule has 0 fully saturated rings. The van der Waals surface area contributed by atoms with Crippen LogP contribution < -0.4 is 9.47 Å². The van der Waals surface area contributed by atoms with Crippen LogP contribution in [-0.4, -0.2) is 14.2 Å². The predicted molar refractivity (Wildman–Crippen MR) is 87.9 cm³/mol. The Balaban J connectivity index is 1.99. The van der Waals surface area contributed by atoms with Gasteiger partial charge in [-0.05, 0) is 48.2 Å². The number of hydrogen-bond acceptors (Lipinski definition) is 2. The van der Waals surface area contributed by atoms with Crippen molar-refractivity contribution in [2.24, 2.45) is 0 Å². The summed E-state index contributed by atoms with van der Waals surface area (Å²) < 4.78 is 10.3. The molecule has 2 aromatic rings. The highest BCUT2D eigenvalue weighted by molar-refractivity contribution is 6.32. The summed E-state index contributed by atoms with van der Waals surface area (Å²) in [5.41, 5.74) is 2.17. The standard InChI is InChI=1S/C17H18Cl2O2/c1-20-13-6-3-12(4-7-13)5-10-16(18)15-9-8-14(21-2)11-17(15)19/h3-4,6-9,11,16H,5,10H2,1-2H3. The van der Waals surface area contributed by atoms with Crippen LogP contribution in [0.3, 0.4) is 0 Å². The zero-order chi connectivity index (χ0) is 15.2. The van der Waals surface area contributed by atoms with E-state index < -0.39 is 0 Å². The summed E-state index contributed by atoms with van der Waals surface area (Å²) >= 11 is 12.7. The zero-order valence-corrected chi connectivity index (χ0v) is 13.6. The van der Waals surface area contributed by atoms with Gasteiger partial charge in [0.05, 0.1) is 19.6 Å². The second-order valence-corrected chi connectivity index (χ2v) is 5.68. The predicted octanol–water partition coefficient (Wildman–Crippen LogP) is 5.27. The van der Waals surface area contributed by atoms with Crippen molar-refractivity contribution in [1.82, 2.24) is 0 Å². The molecule has 21 heavy (non-hydrogen) atoms. The molecule has 0 aliphatic heterocycles. The van der Waals surface area contributed by atoms with Gasteiger partial charge in [0, 0.05) is 5.02 Å². The molecule has 0 heterocycles. The first-order chi connectivity index (χ1) is 10.1. The molecule has 0 bridgehead atoms. The van der Waals surface area contributed by atoms with E-state index in [4.69, 9.17) is 32.7 Å². The summed E-state index contributed by atoms with van der Waals surface area (Å²) in [5.74, 6) is 1.60. The van der Waals surface area contributed by atoms with E-state index in [1.54, 1.807) is 20.3 Å². The minimum atomic E-state index is -0.120. The fourth-order valence-corrected chi connectivity index (χ4v) is 2.79. The first-order valence-corrected chi connectivity index (χ1v) is 7.56. The van der Waals surface area contributed by atoms with E-state index in [1.165, 1.54) is 5.56 Å². The van der Waals surface area contributed by atoms with E-state index in [1.807, 2.05) is 24.3 Å². The molecule has 1 atom stereocenters. The zero-order valence-electron chi connectivity index (χ0n) is 12.1. The Bertz CT molecular complexity index is 582. The Labute approximate surface area is 135 Å². The maximum absolute atomic E-state index is 6.47. The molecule has 2 aromatic carbocycles. The fourth-order valence-electron chi connectivity index (χ4n) is 2.13. The highest BCUT2D eigenvalue weighted by Crippen LogP contribution is 2.33. The van der Waals surface area contributed by atoms with Crippen LogP contribution in [0.25, 0.3) is 0 Å². The summed E-state index contributed by atoms with van der Waals surface area (Å²) in [6.45, 7) is 0. The number of aryl methyl sites for hydroxylation is 1. The van der Waals surface area contributed by atoms with Crippen LogP contribution >= 0.6 is 23.2 Å². The third kappa shape index (κ3) is 4.29. The number of rotatable bonds is 6. The molecule has 0 aliphatic rings. The Hall–Kier alpha value is -1.38. The van der Waals surface area contributed by atoms with Crippen molar-refractivity contribution in [3.05, 3.63) is 58.6 Å². The highest BCUT2D eigenvalue weighted by atomic mass is 35.5. The lowest BCUT2D eigenvalue weighted by Gasteiger charge is -2.13. The number of hydrogen-bond donors (Lipinski definition) is 0. The Morgan fingerprint density at radius 1 is 0.952 bits per heavy atom. The average molecular weight is 325 g/mol. The average Bonchev–Trinajstić information content (AvgIpc) is 2.52. The third-order valence-corrected chi connectivity index (χ3v) is 4.17. The maximum Gasteiger partial charge on any atom is 0.120 e. The summed E-state index contributed by atoms with van der Waals surface area (Å²) in [7, 11) is 3.28. The molecule has 2 rings (SSSR count). The van der Waals surface area contributed by atoms with Crippen LogP contribution in [0.2, 0.25) is 5.02 Å². The van der Waals surface area contributed by atoms with Crippen molar-refractivity contribution < 1.29 is 9.47 Å². The number of halogens is 2. The minimum Gasteiger partial charge on any atom is -0.497 e. The minimum absolute atomic E-state index is 0.120. The van der Waals surface area contributed by atoms with Gasteiger partial charge in [0.25, 0.3) is 0 Å². The number of benzene rings is 2. The van der Waals surface area contributed by atoms with E-state index in [-0.39, 0.29) is 5.38 Å². The molecule has 4 heteroatoms. The smallest absolute Gasteiger partial charge is 0.120 e. The molecule has 0 radical (unpaired) electrons. The molecule has 0 saturated heterocycles. The summed E-state index contributed by atoms with van der Waals surface area (Å²) in [6.07, 6.45) is 1.71. The van der Waals surface area contributed by atoms with Crippen LogP contribution in [0, 0.1) is 0 Å². The number of alkyl halides is 1. The maximum atomic E-state index is 6.47. The molecule has 1 unspecified atom stereocenters. The normalized spacial score (nSPS) is 12.0. The van der Waals surface area contributed by atoms with Crippen LogP contribution in [0.4, 0.5) is 0 Å². The highest BCUT2D eigenvalue weighted by Gasteiger charge is 2.12. The van der Waals surface area contributed by atoms with Gasteiger partial charge >= 0.3 is 0 Å². The van der Waals surface area contributed by atoms with E-state index in [2.05, 4.69) is 12.1 Å². The number of ether oxygens (including phenoxy) is 2. The molecular weight excluding hydrogens is 307 g/mol. The summed E-state index contributed by atoms with van der Waals surface area (Å²) in [5, 5.41) is 0.523. The van der Waals surface area contributed by atoms with Crippen LogP contribution in [0.1, 0.15) is 22.9 Å². The topological polar surface area (TPSA) is 18.5 Å². The van der Waals surface area contributed by atoms with Gasteiger partial charge < -0.3 is 9.47 Å². The van der Waals surface area contributed by atoms with Crippen molar-refractivity contribution in [2.75, 3.05) is 14.2 Å². The summed E-state index contributed by atoms with van der Waals surface area (Å²) in [6, 6.07) is 13.6. The molecule has 0 aliphatic carbocycles. The van der Waals surface area contributed by atoms with E-state index in [0.717, 1.165) is 29.9 Å². The molecule has 0 saturated carbocycles.